The van der Waals surface area contributed by atoms with Crippen LogP contribution in [0.2, 0.25) is 0 Å². The molecular formula is C31H30F2N4O2S. The van der Waals surface area contributed by atoms with Crippen molar-refractivity contribution in [2.75, 3.05) is 39.1 Å². The molecule has 5 aromatic rings. The number of para-hydroxylation sites is 1. The van der Waals surface area contributed by atoms with E-state index in [1.807, 2.05) is 32.3 Å². The van der Waals surface area contributed by atoms with Gasteiger partial charge in [0.2, 0.25) is 0 Å². The second-order valence-electron chi connectivity index (χ2n) is 10.3. The van der Waals surface area contributed by atoms with Gasteiger partial charge in [0.15, 0.2) is 0 Å². The SMILES string of the molecule is CNC(=O)c1c(-c2ccc(F)cc2)oc2cc(N(C)C)c(C3CCCN(Sc4cc5cccc(F)c5[nH]4)C3)cc12. The van der Waals surface area contributed by atoms with Gasteiger partial charge in [-0.3, -0.25) is 4.79 Å². The number of halogens is 2. The molecule has 1 atom stereocenters. The predicted octanol–water partition coefficient (Wildman–Crippen LogP) is 7.17. The first kappa shape index (κ1) is 26.4. The third-order valence-electron chi connectivity index (χ3n) is 7.51. The molecule has 2 aromatic heterocycles. The minimum atomic E-state index is -0.351. The minimum Gasteiger partial charge on any atom is -0.455 e. The number of hydrogen-bond donors (Lipinski definition) is 2. The van der Waals surface area contributed by atoms with Crippen molar-refractivity contribution >= 4 is 45.4 Å². The van der Waals surface area contributed by atoms with Gasteiger partial charge in [-0.05, 0) is 78.7 Å². The second kappa shape index (κ2) is 10.6. The number of furan rings is 1. The molecule has 9 heteroatoms. The van der Waals surface area contributed by atoms with Crippen molar-refractivity contribution in [3.8, 4) is 11.3 Å². The lowest BCUT2D eigenvalue weighted by Gasteiger charge is -2.33. The second-order valence-corrected chi connectivity index (χ2v) is 11.5. The van der Waals surface area contributed by atoms with Crippen LogP contribution in [0.1, 0.15) is 34.7 Å². The number of anilines is 1. The summed E-state index contributed by atoms with van der Waals surface area (Å²) < 4.78 is 36.5. The molecule has 40 heavy (non-hydrogen) atoms. The summed E-state index contributed by atoms with van der Waals surface area (Å²) in [6.45, 7) is 1.72. The number of fused-ring (bicyclic) bond motifs is 2. The average molecular weight is 561 g/mol. The summed E-state index contributed by atoms with van der Waals surface area (Å²) in [6, 6.07) is 17.1. The van der Waals surface area contributed by atoms with Gasteiger partial charge in [-0.25, -0.2) is 13.1 Å². The van der Waals surface area contributed by atoms with Gasteiger partial charge in [0.25, 0.3) is 5.91 Å². The molecule has 1 aliphatic rings. The summed E-state index contributed by atoms with van der Waals surface area (Å²) >= 11 is 1.61. The smallest absolute Gasteiger partial charge is 0.255 e. The lowest BCUT2D eigenvalue weighted by molar-refractivity contribution is 0.0964. The highest BCUT2D eigenvalue weighted by Crippen LogP contribution is 2.42. The molecule has 1 aliphatic heterocycles. The number of aromatic amines is 1. The van der Waals surface area contributed by atoms with Crippen LogP contribution >= 0.6 is 11.9 Å². The summed E-state index contributed by atoms with van der Waals surface area (Å²) in [5.74, 6) is -0.227. The number of nitrogens with zero attached hydrogens (tertiary/aromatic N) is 2. The fourth-order valence-corrected chi connectivity index (χ4v) is 6.66. The maximum Gasteiger partial charge on any atom is 0.255 e. The van der Waals surface area contributed by atoms with Gasteiger partial charge >= 0.3 is 0 Å². The zero-order valence-electron chi connectivity index (χ0n) is 22.6. The van der Waals surface area contributed by atoms with Crippen LogP contribution in [0.3, 0.4) is 0 Å². The largest absolute Gasteiger partial charge is 0.455 e. The van der Waals surface area contributed by atoms with E-state index in [9.17, 15) is 13.6 Å². The van der Waals surface area contributed by atoms with E-state index in [2.05, 4.69) is 25.6 Å². The molecule has 0 saturated carbocycles. The first-order chi connectivity index (χ1) is 19.3. The quantitative estimate of drug-likeness (QED) is 0.216. The Morgan fingerprint density at radius 2 is 1.93 bits per heavy atom. The van der Waals surface area contributed by atoms with Gasteiger partial charge in [0.05, 0.1) is 16.1 Å². The minimum absolute atomic E-state index is 0.214. The van der Waals surface area contributed by atoms with Crippen molar-refractivity contribution in [2.45, 2.75) is 23.8 Å². The van der Waals surface area contributed by atoms with Gasteiger partial charge in [0, 0.05) is 62.3 Å². The maximum atomic E-state index is 14.2. The molecule has 2 N–H and O–H groups in total. The lowest BCUT2D eigenvalue weighted by atomic mass is 9.88. The zero-order chi connectivity index (χ0) is 28.0. The Hall–Kier alpha value is -3.82. The number of carbonyl (C=O) groups is 1. The van der Waals surface area contributed by atoms with Gasteiger partial charge in [0.1, 0.15) is 23.0 Å². The number of H-pyrrole nitrogens is 1. The Morgan fingerprint density at radius 1 is 1.12 bits per heavy atom. The summed E-state index contributed by atoms with van der Waals surface area (Å²) in [4.78, 5) is 18.4. The molecule has 0 aliphatic carbocycles. The molecule has 1 unspecified atom stereocenters. The maximum absolute atomic E-state index is 14.2. The van der Waals surface area contributed by atoms with Crippen molar-refractivity contribution in [1.29, 1.82) is 0 Å². The van der Waals surface area contributed by atoms with Crippen LogP contribution in [-0.2, 0) is 0 Å². The van der Waals surface area contributed by atoms with Crippen molar-refractivity contribution in [1.82, 2.24) is 14.6 Å². The Kier molecular flexibility index (Phi) is 7.02. The van der Waals surface area contributed by atoms with Crippen molar-refractivity contribution < 1.29 is 18.0 Å². The number of aromatic nitrogens is 1. The Bertz CT molecular complexity index is 1710. The molecule has 1 saturated heterocycles. The van der Waals surface area contributed by atoms with Crippen molar-refractivity contribution in [3.63, 3.8) is 0 Å². The number of benzene rings is 3. The molecule has 0 bridgehead atoms. The number of nitrogens with one attached hydrogen (secondary N) is 2. The standard InChI is InChI=1S/C31H30F2N4O2S/c1-34-31(38)28-23-15-22(25(36(2)3)16-26(23)39-30(28)18-9-11-21(32)12-10-18)20-7-5-13-37(17-20)40-27-14-19-6-4-8-24(33)29(19)35-27/h4,6,8-12,14-16,20,35H,5,7,13,17H2,1-3H3,(H,34,38). The summed E-state index contributed by atoms with van der Waals surface area (Å²) in [5, 5.41) is 5.24. The summed E-state index contributed by atoms with van der Waals surface area (Å²) in [5.41, 5.74) is 4.38. The van der Waals surface area contributed by atoms with Crippen LogP contribution in [0.25, 0.3) is 33.2 Å². The first-order valence-electron chi connectivity index (χ1n) is 13.3. The average Bonchev–Trinajstić information content (AvgIpc) is 3.54. The first-order valence-corrected chi connectivity index (χ1v) is 14.1. The van der Waals surface area contributed by atoms with Crippen LogP contribution < -0.4 is 10.2 Å². The molecule has 1 amide bonds. The van der Waals surface area contributed by atoms with Crippen LogP contribution in [0.4, 0.5) is 14.5 Å². The molecule has 3 aromatic carbocycles. The van der Waals surface area contributed by atoms with E-state index >= 15 is 0 Å². The van der Waals surface area contributed by atoms with E-state index in [1.54, 1.807) is 37.2 Å². The topological polar surface area (TPSA) is 64.5 Å². The van der Waals surface area contributed by atoms with E-state index in [-0.39, 0.29) is 23.5 Å². The highest BCUT2D eigenvalue weighted by molar-refractivity contribution is 7.97. The third-order valence-corrected chi connectivity index (χ3v) is 8.52. The third kappa shape index (κ3) is 4.84. The molecule has 3 heterocycles. The van der Waals surface area contributed by atoms with Crippen molar-refractivity contribution in [3.05, 3.63) is 83.4 Å². The number of carbonyl (C=O) groups excluding carboxylic acids is 1. The normalized spacial score (nSPS) is 16.1. The Morgan fingerprint density at radius 3 is 2.65 bits per heavy atom. The molecule has 6 rings (SSSR count). The van der Waals surface area contributed by atoms with Gasteiger partial charge in [-0.15, -0.1) is 0 Å². The monoisotopic (exact) mass is 560 g/mol. The summed E-state index contributed by atoms with van der Waals surface area (Å²) in [7, 11) is 5.60. The van der Waals surface area contributed by atoms with Gasteiger partial charge < -0.3 is 19.6 Å². The number of amides is 1. The van der Waals surface area contributed by atoms with E-state index in [4.69, 9.17) is 4.42 Å². The van der Waals surface area contributed by atoms with Crippen LogP contribution in [0.5, 0.6) is 0 Å². The lowest BCUT2D eigenvalue weighted by Crippen LogP contribution is -2.30. The van der Waals surface area contributed by atoms with Crippen LogP contribution in [0, 0.1) is 11.6 Å². The highest BCUT2D eigenvalue weighted by Gasteiger charge is 2.29. The number of rotatable bonds is 6. The van der Waals surface area contributed by atoms with E-state index in [0.29, 0.717) is 28.0 Å². The Balaban J connectivity index is 1.38. The molecule has 206 valence electrons. The van der Waals surface area contributed by atoms with Gasteiger partial charge in [-0.1, -0.05) is 12.1 Å². The Labute approximate surface area is 235 Å². The number of hydrogen-bond acceptors (Lipinski definition) is 5. The predicted molar refractivity (Wildman–Crippen MR) is 157 cm³/mol. The van der Waals surface area contributed by atoms with Crippen molar-refractivity contribution in [2.24, 2.45) is 0 Å². The van der Waals surface area contributed by atoms with Gasteiger partial charge in [-0.2, -0.15) is 0 Å². The summed E-state index contributed by atoms with van der Waals surface area (Å²) in [6.07, 6.45) is 2.01. The fraction of sp³-hybridized carbons (Fsp3) is 0.258. The molecule has 1 fully saturated rings. The molecule has 0 spiro atoms. The van der Waals surface area contributed by atoms with E-state index < -0.39 is 0 Å². The van der Waals surface area contributed by atoms with E-state index in [1.165, 1.54) is 18.2 Å². The van der Waals surface area contributed by atoms with E-state index in [0.717, 1.165) is 53.0 Å². The molecule has 0 radical (unpaired) electrons. The number of piperidine rings is 1. The molecular weight excluding hydrogens is 530 g/mol. The van der Waals surface area contributed by atoms with Crippen LogP contribution in [-0.4, -0.2) is 49.4 Å². The highest BCUT2D eigenvalue weighted by atomic mass is 32.2. The fourth-order valence-electron chi connectivity index (χ4n) is 5.58. The molecule has 6 nitrogen and oxygen atoms in total. The zero-order valence-corrected chi connectivity index (χ0v) is 23.4. The van der Waals surface area contributed by atoms with Crippen LogP contribution in [0.15, 0.2) is 70.1 Å².